The van der Waals surface area contributed by atoms with Gasteiger partial charge in [0.1, 0.15) is 6.61 Å². The van der Waals surface area contributed by atoms with E-state index in [0.29, 0.717) is 12.8 Å². The molecule has 0 saturated carbocycles. The monoisotopic (exact) mass is 723 g/mol. The van der Waals surface area contributed by atoms with E-state index in [1.807, 2.05) is 0 Å². The van der Waals surface area contributed by atoms with Crippen LogP contribution in [0.4, 0.5) is 0 Å². The van der Waals surface area contributed by atoms with Crippen LogP contribution >= 0.6 is 0 Å². The first kappa shape index (κ1) is 49.1. The van der Waals surface area contributed by atoms with Crippen LogP contribution in [0.25, 0.3) is 0 Å². The largest absolute Gasteiger partial charge is 0.462 e. The van der Waals surface area contributed by atoms with Crippen LogP contribution in [0.3, 0.4) is 0 Å². The third-order valence-corrected chi connectivity index (χ3v) is 8.67. The summed E-state index contributed by atoms with van der Waals surface area (Å²) in [5.41, 5.74) is 0. The van der Waals surface area contributed by atoms with E-state index >= 15 is 0 Å². The number of aliphatic hydroxyl groups excluding tert-OH is 1. The van der Waals surface area contributed by atoms with Crippen molar-refractivity contribution >= 4 is 11.9 Å². The van der Waals surface area contributed by atoms with Crippen LogP contribution in [0.2, 0.25) is 0 Å². The number of rotatable bonds is 37. The molecule has 5 nitrogen and oxygen atoms in total. The van der Waals surface area contributed by atoms with Gasteiger partial charge in [-0.1, -0.05) is 163 Å². The zero-order valence-electron chi connectivity index (χ0n) is 33.5. The third-order valence-electron chi connectivity index (χ3n) is 8.67. The average molecular weight is 723 g/mol. The van der Waals surface area contributed by atoms with E-state index in [1.165, 1.54) is 77.0 Å². The van der Waals surface area contributed by atoms with Crippen LogP contribution in [0.1, 0.15) is 181 Å². The molecular weight excluding hydrogens is 645 g/mol. The Morgan fingerprint density at radius 1 is 0.462 bits per heavy atom. The number of allylic oxidation sites excluding steroid dienone is 14. The highest BCUT2D eigenvalue weighted by atomic mass is 16.6. The van der Waals surface area contributed by atoms with Gasteiger partial charge in [-0.25, -0.2) is 0 Å². The number of carbonyl (C=O) groups excluding carboxylic acids is 2. The van der Waals surface area contributed by atoms with Crippen LogP contribution in [-0.4, -0.2) is 36.4 Å². The Kier molecular flexibility index (Phi) is 40.1. The number of carbonyl (C=O) groups is 2. The summed E-state index contributed by atoms with van der Waals surface area (Å²) in [6, 6.07) is 0. The van der Waals surface area contributed by atoms with Gasteiger partial charge in [-0.05, 0) is 89.9 Å². The van der Waals surface area contributed by atoms with Crippen LogP contribution < -0.4 is 0 Å². The smallest absolute Gasteiger partial charge is 0.306 e. The lowest BCUT2D eigenvalue weighted by Gasteiger charge is -2.15. The van der Waals surface area contributed by atoms with Crippen molar-refractivity contribution in [2.45, 2.75) is 187 Å². The van der Waals surface area contributed by atoms with Crippen molar-refractivity contribution in [3.05, 3.63) is 85.1 Å². The molecule has 0 aliphatic carbocycles. The highest BCUT2D eigenvalue weighted by Gasteiger charge is 2.16. The topological polar surface area (TPSA) is 72.8 Å². The highest BCUT2D eigenvalue weighted by molar-refractivity contribution is 5.70. The summed E-state index contributed by atoms with van der Waals surface area (Å²) in [6.07, 6.45) is 57.9. The van der Waals surface area contributed by atoms with Crippen molar-refractivity contribution in [2.24, 2.45) is 0 Å². The van der Waals surface area contributed by atoms with Gasteiger partial charge in [-0.3, -0.25) is 9.59 Å². The maximum Gasteiger partial charge on any atom is 0.306 e. The molecule has 5 heteroatoms. The summed E-state index contributed by atoms with van der Waals surface area (Å²) in [5.74, 6) is -0.652. The summed E-state index contributed by atoms with van der Waals surface area (Å²) >= 11 is 0. The van der Waals surface area contributed by atoms with Gasteiger partial charge < -0.3 is 14.6 Å². The second-order valence-corrected chi connectivity index (χ2v) is 13.7. The Morgan fingerprint density at radius 2 is 0.827 bits per heavy atom. The van der Waals surface area contributed by atoms with E-state index in [1.54, 1.807) is 0 Å². The predicted molar refractivity (Wildman–Crippen MR) is 223 cm³/mol. The SMILES string of the molecule is CC/C=C\C/C=C\C/C=C\C/C=C\C/C=C\C/C=C\CCCCC(=O)OC(CO)COC(=O)CCCCCCCCC/C=C\CCCCCCCC. The van der Waals surface area contributed by atoms with E-state index in [2.05, 4.69) is 98.9 Å². The first-order valence-electron chi connectivity index (χ1n) is 21.1. The molecule has 0 fully saturated rings. The van der Waals surface area contributed by atoms with Gasteiger partial charge in [0.2, 0.25) is 0 Å². The molecule has 0 aromatic rings. The van der Waals surface area contributed by atoms with E-state index < -0.39 is 6.10 Å². The van der Waals surface area contributed by atoms with Crippen LogP contribution in [0.5, 0.6) is 0 Å². The Balaban J connectivity index is 3.68. The minimum Gasteiger partial charge on any atom is -0.462 e. The molecular formula is C47H78O5. The van der Waals surface area contributed by atoms with Gasteiger partial charge in [0.25, 0.3) is 0 Å². The Morgan fingerprint density at radius 3 is 1.31 bits per heavy atom. The lowest BCUT2D eigenvalue weighted by atomic mass is 10.1. The molecule has 1 N–H and O–H groups in total. The molecule has 0 aromatic heterocycles. The summed E-state index contributed by atoms with van der Waals surface area (Å²) < 4.78 is 10.6. The third kappa shape index (κ3) is 39.9. The fraction of sp³-hybridized carbons (Fsp3) is 0.660. The van der Waals surface area contributed by atoms with Gasteiger partial charge in [-0.15, -0.1) is 0 Å². The molecule has 1 atom stereocenters. The van der Waals surface area contributed by atoms with Crippen molar-refractivity contribution in [3.63, 3.8) is 0 Å². The first-order valence-corrected chi connectivity index (χ1v) is 21.1. The maximum absolute atomic E-state index is 12.2. The van der Waals surface area contributed by atoms with Crippen LogP contribution in [-0.2, 0) is 19.1 Å². The van der Waals surface area contributed by atoms with E-state index in [0.717, 1.165) is 77.0 Å². The minimum atomic E-state index is -0.801. The number of esters is 2. The number of unbranched alkanes of at least 4 members (excludes halogenated alkanes) is 15. The predicted octanol–water partition coefficient (Wildman–Crippen LogP) is 13.5. The Hall–Kier alpha value is -2.92. The second kappa shape index (κ2) is 42.5. The molecule has 0 radical (unpaired) electrons. The minimum absolute atomic E-state index is 0.0903. The Bertz CT molecular complexity index is 999. The zero-order valence-corrected chi connectivity index (χ0v) is 33.5. The molecule has 0 saturated heterocycles. The molecule has 0 aromatic carbocycles. The van der Waals surface area contributed by atoms with Gasteiger partial charge >= 0.3 is 11.9 Å². The number of hydrogen-bond acceptors (Lipinski definition) is 5. The van der Waals surface area contributed by atoms with Gasteiger partial charge in [0.05, 0.1) is 6.61 Å². The lowest BCUT2D eigenvalue weighted by molar-refractivity contribution is -0.161. The van der Waals surface area contributed by atoms with Gasteiger partial charge in [-0.2, -0.15) is 0 Å². The molecule has 1 unspecified atom stereocenters. The summed E-state index contributed by atoms with van der Waals surface area (Å²) in [5, 5.41) is 9.57. The normalized spacial score (nSPS) is 13.1. The molecule has 296 valence electrons. The van der Waals surface area contributed by atoms with E-state index in [9.17, 15) is 14.7 Å². The van der Waals surface area contributed by atoms with Crippen molar-refractivity contribution in [1.82, 2.24) is 0 Å². The molecule has 0 heterocycles. The quantitative estimate of drug-likeness (QED) is 0.0393. The second-order valence-electron chi connectivity index (χ2n) is 13.7. The maximum atomic E-state index is 12.2. The molecule has 0 aliphatic heterocycles. The number of hydrogen-bond donors (Lipinski definition) is 1. The zero-order chi connectivity index (χ0) is 37.8. The summed E-state index contributed by atoms with van der Waals surface area (Å²) in [4.78, 5) is 24.3. The summed E-state index contributed by atoms with van der Waals surface area (Å²) in [7, 11) is 0. The molecule has 52 heavy (non-hydrogen) atoms. The molecule has 0 bridgehead atoms. The number of aliphatic hydroxyl groups is 1. The van der Waals surface area contributed by atoms with Crippen LogP contribution in [0.15, 0.2) is 85.1 Å². The van der Waals surface area contributed by atoms with Crippen molar-refractivity contribution < 1.29 is 24.2 Å². The molecule has 0 aliphatic rings. The van der Waals surface area contributed by atoms with Gasteiger partial charge in [0, 0.05) is 12.8 Å². The van der Waals surface area contributed by atoms with Crippen LogP contribution in [0, 0.1) is 0 Å². The number of ether oxygens (including phenoxy) is 2. The van der Waals surface area contributed by atoms with Crippen molar-refractivity contribution in [2.75, 3.05) is 13.2 Å². The fourth-order valence-corrected chi connectivity index (χ4v) is 5.49. The molecule has 0 amide bonds. The van der Waals surface area contributed by atoms with E-state index in [4.69, 9.17) is 9.47 Å². The average Bonchev–Trinajstić information content (AvgIpc) is 3.15. The van der Waals surface area contributed by atoms with E-state index in [-0.39, 0.29) is 25.2 Å². The van der Waals surface area contributed by atoms with Gasteiger partial charge in [0.15, 0.2) is 6.10 Å². The van der Waals surface area contributed by atoms with Crippen molar-refractivity contribution in [3.8, 4) is 0 Å². The summed E-state index contributed by atoms with van der Waals surface area (Å²) in [6.45, 7) is 3.97. The van der Waals surface area contributed by atoms with Crippen molar-refractivity contribution in [1.29, 1.82) is 0 Å². The molecule has 0 rings (SSSR count). The first-order chi connectivity index (χ1) is 25.6. The highest BCUT2D eigenvalue weighted by Crippen LogP contribution is 2.12. The lowest BCUT2D eigenvalue weighted by Crippen LogP contribution is -2.28. The molecule has 0 spiro atoms. The Labute approximate surface area is 320 Å². The standard InChI is InChI=1S/C47H78O5/c1-3-5-7-9-11-13-15-17-19-21-22-23-24-26-28-30-32-34-36-38-40-42-47(50)52-45(43-48)44-51-46(49)41-39-37-35-33-31-29-27-25-20-18-16-14-12-10-8-6-4-2/h5,7,11,13,17-20,22-23,26,28,32,34,45,48H,3-4,6,8-10,12,14-16,21,24-25,27,29-31,33,35-44H2,1-2H3/b7-5-,13-11-,19-17-,20-18-,23-22-,28-26-,34-32-. The fourth-order valence-electron chi connectivity index (χ4n) is 5.49.